The summed E-state index contributed by atoms with van der Waals surface area (Å²) in [6.07, 6.45) is 0.833. The Hall–Kier alpha value is 0.586. The topological polar surface area (TPSA) is 37.3 Å². The Kier molecular flexibility index (Phi) is 31.0. The van der Waals surface area contributed by atoms with E-state index >= 15 is 0 Å². The van der Waals surface area contributed by atoms with Crippen LogP contribution in [0.4, 0.5) is 0 Å². The fourth-order valence-corrected chi connectivity index (χ4v) is 0. The molecule has 0 unspecified atom stereocenters. The minimum Gasteiger partial charge on any atom is -0.478 e. The van der Waals surface area contributed by atoms with Gasteiger partial charge < -0.3 is 5.11 Å². The van der Waals surface area contributed by atoms with Crippen LogP contribution in [0.25, 0.3) is 0 Å². The number of aliphatic carboxylic acids is 1. The second-order valence-corrected chi connectivity index (χ2v) is 0.542. The molecule has 1 N–H and O–H groups in total. The molecule has 8 heavy (non-hydrogen) atoms. The van der Waals surface area contributed by atoms with Crippen molar-refractivity contribution in [2.75, 3.05) is 0 Å². The monoisotopic (exact) mass is 141 g/mol. The van der Waals surface area contributed by atoms with Gasteiger partial charge in [0.1, 0.15) is 0 Å². The molecule has 43 valence electrons. The zero-order chi connectivity index (χ0) is 6.28. The molecule has 0 aliphatic heterocycles. The van der Waals surface area contributed by atoms with E-state index in [1.54, 1.807) is 0 Å². The van der Waals surface area contributed by atoms with Crippen LogP contribution in [-0.4, -0.2) is 62.5 Å². The van der Waals surface area contributed by atoms with Gasteiger partial charge in [-0.1, -0.05) is 6.58 Å². The summed E-state index contributed by atoms with van der Waals surface area (Å²) >= 11 is 0. The normalized spacial score (nSPS) is 4.50. The number of carboxylic acids is 1. The van der Waals surface area contributed by atoms with Crippen molar-refractivity contribution in [1.29, 1.82) is 0 Å². The first-order valence-corrected chi connectivity index (χ1v) is 1.62. The number of carbonyl (C=O) groups is 1. The number of carboxylic acid groups (broad SMARTS) is 1. The Morgan fingerprint density at radius 3 is 1.75 bits per heavy atom. The third-order valence-electron chi connectivity index (χ3n) is 0.175. The van der Waals surface area contributed by atoms with E-state index in [4.69, 9.17) is 5.11 Å². The first-order valence-electron chi connectivity index (χ1n) is 1.62. The summed E-state index contributed by atoms with van der Waals surface area (Å²) in [7, 11) is 0. The molecule has 3 heteroatoms. The molecule has 0 spiro atoms. The molecule has 0 rings (SSSR count). The van der Waals surface area contributed by atoms with Gasteiger partial charge in [0.2, 0.25) is 0 Å². The van der Waals surface area contributed by atoms with E-state index in [1.165, 1.54) is 0 Å². The van der Waals surface area contributed by atoms with E-state index in [2.05, 4.69) is 19.7 Å². The first-order chi connectivity index (χ1) is 3.27. The maximum Gasteiger partial charge on any atom is 0.327 e. The van der Waals surface area contributed by atoms with Crippen molar-refractivity contribution in [2.24, 2.45) is 0 Å². The maximum absolute atomic E-state index is 9.25. The molecule has 0 heterocycles. The van der Waals surface area contributed by atoms with E-state index in [0.29, 0.717) is 0 Å². The summed E-state index contributed by atoms with van der Waals surface area (Å²) in [6, 6.07) is 0. The third kappa shape index (κ3) is 30.7. The minimum absolute atomic E-state index is 0. The molecule has 0 aromatic heterocycles. The fourth-order valence-electron chi connectivity index (χ4n) is 0. The molecule has 0 atom stereocenters. The van der Waals surface area contributed by atoms with Gasteiger partial charge in [-0.05, 0) is 0 Å². The van der Waals surface area contributed by atoms with Gasteiger partial charge in [-0.3, -0.25) is 0 Å². The molecule has 0 saturated carbocycles. The van der Waals surface area contributed by atoms with Gasteiger partial charge >= 0.3 is 5.97 Å². The standard InChI is InChI=1S/C3H4O2.C2H4.K.H2/c1-2-3(4)5;1-2;;/h2H,1H2,(H,4,5);1-2H2;;1H. The summed E-state index contributed by atoms with van der Waals surface area (Å²) < 4.78 is 0. The Bertz CT molecular complexity index is 75.4. The van der Waals surface area contributed by atoms with Gasteiger partial charge in [-0.2, -0.15) is 0 Å². The Morgan fingerprint density at radius 1 is 1.62 bits per heavy atom. The van der Waals surface area contributed by atoms with Crippen LogP contribution >= 0.6 is 0 Å². The van der Waals surface area contributed by atoms with E-state index in [9.17, 15) is 4.79 Å². The van der Waals surface area contributed by atoms with Crippen molar-refractivity contribution < 1.29 is 11.3 Å². The van der Waals surface area contributed by atoms with Crippen LogP contribution in [0.3, 0.4) is 0 Å². The first kappa shape index (κ1) is 15.8. The quantitative estimate of drug-likeness (QED) is 0.335. The van der Waals surface area contributed by atoms with E-state index in [0.717, 1.165) is 6.08 Å². The zero-order valence-corrected chi connectivity index (χ0v) is 8.18. The van der Waals surface area contributed by atoms with Crippen LogP contribution in [0, 0.1) is 0 Å². The summed E-state index contributed by atoms with van der Waals surface area (Å²) in [4.78, 5) is 9.25. The van der Waals surface area contributed by atoms with Crippen molar-refractivity contribution in [2.45, 2.75) is 0 Å². The van der Waals surface area contributed by atoms with Crippen molar-refractivity contribution in [3.63, 3.8) is 0 Å². The fraction of sp³-hybridized carbons (Fsp3) is 0. The van der Waals surface area contributed by atoms with Gasteiger partial charge in [0, 0.05) is 58.9 Å². The van der Waals surface area contributed by atoms with Crippen LogP contribution in [0.15, 0.2) is 25.8 Å². The predicted molar refractivity (Wildman–Crippen MR) is 37.0 cm³/mol. The molecule has 0 aromatic rings. The third-order valence-corrected chi connectivity index (χ3v) is 0.175. The summed E-state index contributed by atoms with van der Waals surface area (Å²) in [5.74, 6) is -0.981. The van der Waals surface area contributed by atoms with E-state index in [1.807, 2.05) is 0 Å². The molecule has 0 amide bonds. The van der Waals surface area contributed by atoms with Crippen LogP contribution < -0.4 is 0 Å². The van der Waals surface area contributed by atoms with Gasteiger partial charge in [-0.25, -0.2) is 4.79 Å². The SMILES string of the molecule is C=C.C=CC(=O)O.[HH].[K]. The smallest absolute Gasteiger partial charge is 0.327 e. The Balaban J connectivity index is -0.0000000286. The minimum atomic E-state index is -0.981. The average molecular weight is 141 g/mol. The molecule has 0 bridgehead atoms. The van der Waals surface area contributed by atoms with Crippen molar-refractivity contribution >= 4 is 57.4 Å². The summed E-state index contributed by atoms with van der Waals surface area (Å²) in [6.45, 7) is 8.96. The molecule has 0 fully saturated rings. The Labute approximate surface area is 93.2 Å². The van der Waals surface area contributed by atoms with Crippen molar-refractivity contribution in [1.82, 2.24) is 0 Å². The summed E-state index contributed by atoms with van der Waals surface area (Å²) in [5, 5.41) is 7.60. The van der Waals surface area contributed by atoms with Gasteiger partial charge in [-0.15, -0.1) is 13.2 Å². The zero-order valence-electron chi connectivity index (χ0n) is 5.05. The van der Waals surface area contributed by atoms with E-state index < -0.39 is 5.97 Å². The average Bonchev–Trinajstić information content (AvgIpc) is 1.73. The Morgan fingerprint density at radius 2 is 1.75 bits per heavy atom. The molecule has 0 saturated heterocycles. The largest absolute Gasteiger partial charge is 0.478 e. The molecule has 1 radical (unpaired) electrons. The van der Waals surface area contributed by atoms with Crippen LogP contribution in [-0.2, 0) is 4.79 Å². The van der Waals surface area contributed by atoms with Gasteiger partial charge in [0.15, 0.2) is 0 Å². The van der Waals surface area contributed by atoms with E-state index in [-0.39, 0.29) is 52.8 Å². The number of rotatable bonds is 1. The van der Waals surface area contributed by atoms with Crippen molar-refractivity contribution in [3.05, 3.63) is 25.8 Å². The van der Waals surface area contributed by atoms with Gasteiger partial charge in [0.05, 0.1) is 0 Å². The van der Waals surface area contributed by atoms with Crippen LogP contribution in [0.1, 0.15) is 1.43 Å². The van der Waals surface area contributed by atoms with Crippen LogP contribution in [0.5, 0.6) is 0 Å². The molecular weight excluding hydrogens is 131 g/mol. The summed E-state index contributed by atoms with van der Waals surface area (Å²) in [5.41, 5.74) is 0. The predicted octanol–water partition coefficient (Wildman–Crippen LogP) is 0.924. The molecule has 0 aliphatic carbocycles. The molecule has 0 aromatic carbocycles. The number of hydrogen-bond acceptors (Lipinski definition) is 1. The molecular formula is C5H10KO2. The second kappa shape index (κ2) is 15.6. The molecule has 2 nitrogen and oxygen atoms in total. The van der Waals surface area contributed by atoms with Crippen molar-refractivity contribution in [3.8, 4) is 0 Å². The van der Waals surface area contributed by atoms with Crippen LogP contribution in [0.2, 0.25) is 0 Å². The van der Waals surface area contributed by atoms with Gasteiger partial charge in [0.25, 0.3) is 0 Å². The second-order valence-electron chi connectivity index (χ2n) is 0.542. The number of hydrogen-bond donors (Lipinski definition) is 1. The molecule has 0 aliphatic rings. The maximum atomic E-state index is 9.25.